The number of methoxy groups -OCH3 is 2. The number of cyclic esters (lactones) is 2. The first-order valence-electron chi connectivity index (χ1n) is 5.39. The van der Waals surface area contributed by atoms with Crippen molar-refractivity contribution >= 4 is 11.9 Å². The first-order valence-corrected chi connectivity index (χ1v) is 5.39. The number of esters is 2. The molecule has 1 aromatic rings. The maximum Gasteiger partial charge on any atom is 0.320 e. The molecule has 1 fully saturated rings. The Morgan fingerprint density at radius 2 is 1.58 bits per heavy atom. The number of ether oxygens (including phenoxy) is 4. The van der Waals surface area contributed by atoms with Crippen LogP contribution in [0.25, 0.3) is 0 Å². The lowest BCUT2D eigenvalue weighted by molar-refractivity contribution is -0.205. The highest BCUT2D eigenvalue weighted by Gasteiger charge is 2.30. The van der Waals surface area contributed by atoms with E-state index in [2.05, 4.69) is 0 Å². The molecule has 19 heavy (non-hydrogen) atoms. The number of hydrogen-bond acceptors (Lipinski definition) is 7. The molecule has 2 rings (SSSR count). The van der Waals surface area contributed by atoms with Gasteiger partial charge in [0.15, 0.2) is 11.5 Å². The van der Waals surface area contributed by atoms with Crippen LogP contribution in [0.4, 0.5) is 0 Å². The van der Waals surface area contributed by atoms with Gasteiger partial charge in [-0.1, -0.05) is 0 Å². The third kappa shape index (κ3) is 2.54. The molecule has 0 bridgehead atoms. The van der Waals surface area contributed by atoms with Gasteiger partial charge in [-0.2, -0.15) is 0 Å². The Morgan fingerprint density at radius 1 is 1.11 bits per heavy atom. The fourth-order valence-electron chi connectivity index (χ4n) is 1.65. The van der Waals surface area contributed by atoms with Gasteiger partial charge in [-0.3, -0.25) is 9.59 Å². The molecule has 0 aliphatic carbocycles. The van der Waals surface area contributed by atoms with Gasteiger partial charge in [-0.15, -0.1) is 0 Å². The molecule has 1 aromatic carbocycles. The molecule has 1 N–H and O–H groups in total. The van der Waals surface area contributed by atoms with Crippen molar-refractivity contribution in [1.29, 1.82) is 0 Å². The molecule has 1 saturated heterocycles. The van der Waals surface area contributed by atoms with Crippen LogP contribution in [0.15, 0.2) is 12.1 Å². The van der Waals surface area contributed by atoms with Crippen LogP contribution in [0, 0.1) is 0 Å². The first-order chi connectivity index (χ1) is 9.05. The summed E-state index contributed by atoms with van der Waals surface area (Å²) in [6.45, 7) is 0. The number of aromatic hydroxyl groups is 1. The van der Waals surface area contributed by atoms with Gasteiger partial charge in [-0.25, -0.2) is 0 Å². The van der Waals surface area contributed by atoms with Crippen molar-refractivity contribution in [3.8, 4) is 17.2 Å². The number of hydrogen-bond donors (Lipinski definition) is 1. The van der Waals surface area contributed by atoms with E-state index >= 15 is 0 Å². The average Bonchev–Trinajstić information content (AvgIpc) is 2.37. The monoisotopic (exact) mass is 268 g/mol. The number of carbonyl (C=O) groups excluding carboxylic acids is 2. The van der Waals surface area contributed by atoms with Crippen LogP contribution in [0.5, 0.6) is 17.2 Å². The lowest BCUT2D eigenvalue weighted by Crippen LogP contribution is -2.26. The topological polar surface area (TPSA) is 91.3 Å². The van der Waals surface area contributed by atoms with Crippen LogP contribution in [-0.2, 0) is 19.1 Å². The Hall–Kier alpha value is -2.44. The lowest BCUT2D eigenvalue weighted by atomic mass is 10.1. The van der Waals surface area contributed by atoms with Crippen LogP contribution in [0.1, 0.15) is 18.3 Å². The van der Waals surface area contributed by atoms with E-state index in [1.54, 1.807) is 0 Å². The summed E-state index contributed by atoms with van der Waals surface area (Å²) in [6.07, 6.45) is -1.58. The van der Waals surface area contributed by atoms with Crippen molar-refractivity contribution in [2.24, 2.45) is 0 Å². The van der Waals surface area contributed by atoms with Gasteiger partial charge in [0.2, 0.25) is 5.75 Å². The molecule has 1 heterocycles. The zero-order valence-corrected chi connectivity index (χ0v) is 10.3. The van der Waals surface area contributed by atoms with E-state index in [4.69, 9.17) is 18.9 Å². The summed E-state index contributed by atoms with van der Waals surface area (Å²) >= 11 is 0. The molecule has 1 aliphatic rings. The first kappa shape index (κ1) is 13.0. The van der Waals surface area contributed by atoms with Gasteiger partial charge in [0, 0.05) is 5.56 Å². The van der Waals surface area contributed by atoms with Gasteiger partial charge in [0.05, 0.1) is 14.2 Å². The molecule has 102 valence electrons. The van der Waals surface area contributed by atoms with Crippen molar-refractivity contribution in [2.75, 3.05) is 14.2 Å². The molecular weight excluding hydrogens is 256 g/mol. The minimum absolute atomic E-state index is 0.118. The molecule has 7 heteroatoms. The van der Waals surface area contributed by atoms with Crippen LogP contribution >= 0.6 is 0 Å². The van der Waals surface area contributed by atoms with E-state index in [9.17, 15) is 14.7 Å². The van der Waals surface area contributed by atoms with Gasteiger partial charge in [0.25, 0.3) is 6.29 Å². The van der Waals surface area contributed by atoms with Crippen molar-refractivity contribution in [1.82, 2.24) is 0 Å². The predicted octanol–water partition coefficient (Wildman–Crippen LogP) is 0.898. The highest BCUT2D eigenvalue weighted by Crippen LogP contribution is 2.40. The number of phenols is 1. The molecular formula is C12H12O7. The van der Waals surface area contributed by atoms with Gasteiger partial charge in [0.1, 0.15) is 6.42 Å². The normalized spacial score (nSPS) is 15.7. The summed E-state index contributed by atoms with van der Waals surface area (Å²) in [5, 5.41) is 9.75. The standard InChI is InChI=1S/C12H12O7/c1-16-7-3-6(4-8(17-2)11(7)15)12-18-9(13)5-10(14)19-12/h3-4,12,15H,5H2,1-2H3. The maximum atomic E-state index is 11.2. The average molecular weight is 268 g/mol. The minimum atomic E-state index is -1.17. The quantitative estimate of drug-likeness (QED) is 0.643. The molecule has 0 amide bonds. The fraction of sp³-hybridized carbons (Fsp3) is 0.333. The third-order valence-corrected chi connectivity index (χ3v) is 2.54. The number of phenolic OH excluding ortho intramolecular Hbond substituents is 1. The Morgan fingerprint density at radius 3 is 2.00 bits per heavy atom. The summed E-state index contributed by atoms with van der Waals surface area (Å²) < 4.78 is 19.7. The smallest absolute Gasteiger partial charge is 0.320 e. The van der Waals surface area contributed by atoms with E-state index in [0.717, 1.165) is 0 Å². The molecule has 0 atom stereocenters. The van der Waals surface area contributed by atoms with Gasteiger partial charge < -0.3 is 24.1 Å². The predicted molar refractivity (Wildman–Crippen MR) is 60.8 cm³/mol. The second-order valence-electron chi connectivity index (χ2n) is 3.76. The summed E-state index contributed by atoms with van der Waals surface area (Å²) in [6, 6.07) is 2.79. The molecule has 1 aliphatic heterocycles. The summed E-state index contributed by atoms with van der Waals surface area (Å²) in [5.74, 6) is -1.30. The summed E-state index contributed by atoms with van der Waals surface area (Å²) in [7, 11) is 2.72. The SMILES string of the molecule is COc1cc(C2OC(=O)CC(=O)O2)cc(OC)c1O. The molecule has 0 unspecified atom stereocenters. The Labute approximate surface area is 108 Å². The zero-order valence-electron chi connectivity index (χ0n) is 10.3. The number of benzene rings is 1. The molecule has 0 spiro atoms. The molecule has 7 nitrogen and oxygen atoms in total. The van der Waals surface area contributed by atoms with E-state index < -0.39 is 24.6 Å². The van der Waals surface area contributed by atoms with Gasteiger partial charge >= 0.3 is 11.9 Å². The van der Waals surface area contributed by atoms with Crippen molar-refractivity contribution < 1.29 is 33.6 Å². The second kappa shape index (κ2) is 5.05. The molecule has 0 radical (unpaired) electrons. The van der Waals surface area contributed by atoms with E-state index in [-0.39, 0.29) is 17.2 Å². The van der Waals surface area contributed by atoms with Crippen LogP contribution in [0.3, 0.4) is 0 Å². The van der Waals surface area contributed by atoms with Gasteiger partial charge in [-0.05, 0) is 12.1 Å². The van der Waals surface area contributed by atoms with Crippen LogP contribution in [-0.4, -0.2) is 31.3 Å². The zero-order chi connectivity index (χ0) is 14.0. The number of rotatable bonds is 3. The molecule has 0 aromatic heterocycles. The summed E-state index contributed by atoms with van der Waals surface area (Å²) in [4.78, 5) is 22.4. The highest BCUT2D eigenvalue weighted by molar-refractivity contribution is 5.92. The largest absolute Gasteiger partial charge is 0.502 e. The Balaban J connectivity index is 2.38. The Kier molecular flexibility index (Phi) is 3.46. The fourth-order valence-corrected chi connectivity index (χ4v) is 1.65. The van der Waals surface area contributed by atoms with Crippen molar-refractivity contribution in [2.45, 2.75) is 12.7 Å². The van der Waals surface area contributed by atoms with Crippen LogP contribution in [0.2, 0.25) is 0 Å². The third-order valence-electron chi connectivity index (χ3n) is 2.54. The Bertz CT molecular complexity index is 482. The lowest BCUT2D eigenvalue weighted by Gasteiger charge is -2.23. The van der Waals surface area contributed by atoms with E-state index in [1.165, 1.54) is 26.4 Å². The summed E-state index contributed by atoms with van der Waals surface area (Å²) in [5.41, 5.74) is 0.327. The second-order valence-corrected chi connectivity index (χ2v) is 3.76. The maximum absolute atomic E-state index is 11.2. The van der Waals surface area contributed by atoms with Crippen molar-refractivity contribution in [3.63, 3.8) is 0 Å². The molecule has 0 saturated carbocycles. The number of carbonyl (C=O) groups is 2. The van der Waals surface area contributed by atoms with E-state index in [0.29, 0.717) is 5.56 Å². The van der Waals surface area contributed by atoms with E-state index in [1.807, 2.05) is 0 Å². The van der Waals surface area contributed by atoms with Crippen LogP contribution < -0.4 is 9.47 Å². The highest BCUT2D eigenvalue weighted by atomic mass is 16.7. The van der Waals surface area contributed by atoms with Crippen molar-refractivity contribution in [3.05, 3.63) is 17.7 Å². The minimum Gasteiger partial charge on any atom is -0.502 e.